The van der Waals surface area contributed by atoms with Crippen LogP contribution in [0, 0.1) is 0 Å². The number of pyridine rings is 1. The highest BCUT2D eigenvalue weighted by atomic mass is 16.3. The number of amides is 1. The van der Waals surface area contributed by atoms with Gasteiger partial charge in [-0.15, -0.1) is 0 Å². The number of hydrogen-bond donors (Lipinski definition) is 1. The minimum absolute atomic E-state index is 0.00202. The highest BCUT2D eigenvalue weighted by Gasteiger charge is 2.32. The third-order valence-electron chi connectivity index (χ3n) is 7.76. The Labute approximate surface area is 217 Å². The number of likely N-dealkylation sites (tertiary alicyclic amines) is 1. The SMILES string of the molecule is O=C(c1nn(CCc2ccccc2)c2c1CN(Cc1ccnc3ccccc13)CC2)N1CCC(O)CC1. The van der Waals surface area contributed by atoms with E-state index in [-0.39, 0.29) is 12.0 Å². The summed E-state index contributed by atoms with van der Waals surface area (Å²) in [5.74, 6) is -0.00202. The first kappa shape index (κ1) is 23.8. The van der Waals surface area contributed by atoms with Crippen LogP contribution >= 0.6 is 0 Å². The van der Waals surface area contributed by atoms with Crippen molar-refractivity contribution in [2.24, 2.45) is 0 Å². The summed E-state index contributed by atoms with van der Waals surface area (Å²) in [6.07, 6.45) is 4.58. The average Bonchev–Trinajstić information content (AvgIpc) is 3.30. The van der Waals surface area contributed by atoms with Gasteiger partial charge >= 0.3 is 0 Å². The van der Waals surface area contributed by atoms with Gasteiger partial charge in [0.1, 0.15) is 0 Å². The fourth-order valence-electron chi connectivity index (χ4n) is 5.67. The molecule has 7 heteroatoms. The summed E-state index contributed by atoms with van der Waals surface area (Å²) in [5.41, 5.74) is 6.37. The molecular weight excluding hydrogens is 462 g/mol. The van der Waals surface area contributed by atoms with Gasteiger partial charge in [0.2, 0.25) is 0 Å². The zero-order chi connectivity index (χ0) is 25.2. The molecule has 2 aliphatic heterocycles. The van der Waals surface area contributed by atoms with Crippen LogP contribution < -0.4 is 0 Å². The van der Waals surface area contributed by atoms with E-state index in [0.717, 1.165) is 43.6 Å². The van der Waals surface area contributed by atoms with Gasteiger partial charge in [0, 0.05) is 68.5 Å². The van der Waals surface area contributed by atoms with Crippen LogP contribution in [0.25, 0.3) is 10.9 Å². The van der Waals surface area contributed by atoms with Crippen LogP contribution in [0.5, 0.6) is 0 Å². The van der Waals surface area contributed by atoms with Crippen molar-refractivity contribution in [3.05, 3.63) is 94.9 Å². The van der Waals surface area contributed by atoms with Gasteiger partial charge < -0.3 is 10.0 Å². The van der Waals surface area contributed by atoms with Gasteiger partial charge in [-0.2, -0.15) is 5.10 Å². The molecule has 1 N–H and O–H groups in total. The molecule has 2 aromatic carbocycles. The van der Waals surface area contributed by atoms with Crippen LogP contribution in [-0.4, -0.2) is 61.3 Å². The Morgan fingerprint density at radius 1 is 0.973 bits per heavy atom. The van der Waals surface area contributed by atoms with Crippen LogP contribution in [0.3, 0.4) is 0 Å². The number of aromatic nitrogens is 3. The standard InChI is InChI=1S/C30H33N5O2/c36-24-12-17-34(18-13-24)30(37)29-26-21-33(20-23-10-15-31-27-9-5-4-8-25(23)27)16-14-28(26)35(32-29)19-11-22-6-2-1-3-7-22/h1-10,15,24,36H,11-14,16-21H2. The number of aryl methyl sites for hydroxylation is 2. The van der Waals surface area contributed by atoms with E-state index in [1.165, 1.54) is 22.2 Å². The topological polar surface area (TPSA) is 74.5 Å². The van der Waals surface area contributed by atoms with E-state index < -0.39 is 0 Å². The summed E-state index contributed by atoms with van der Waals surface area (Å²) in [5, 5.41) is 16.0. The summed E-state index contributed by atoms with van der Waals surface area (Å²) >= 11 is 0. The molecule has 4 heterocycles. The predicted molar refractivity (Wildman–Crippen MR) is 143 cm³/mol. The van der Waals surface area contributed by atoms with Gasteiger partial charge in [0.05, 0.1) is 11.6 Å². The number of aliphatic hydroxyl groups excluding tert-OH is 1. The Hall–Kier alpha value is -3.55. The molecule has 0 radical (unpaired) electrons. The Balaban J connectivity index is 1.28. The lowest BCUT2D eigenvalue weighted by Gasteiger charge is -2.30. The molecule has 7 nitrogen and oxygen atoms in total. The van der Waals surface area contributed by atoms with E-state index >= 15 is 0 Å². The lowest BCUT2D eigenvalue weighted by molar-refractivity contribution is 0.0538. The molecule has 0 atom stereocenters. The van der Waals surface area contributed by atoms with Crippen molar-refractivity contribution >= 4 is 16.8 Å². The van der Waals surface area contributed by atoms with Crippen LogP contribution in [0.1, 0.15) is 45.7 Å². The summed E-state index contributed by atoms with van der Waals surface area (Å²) in [6, 6.07) is 20.8. The van der Waals surface area contributed by atoms with Gasteiger partial charge in [-0.05, 0) is 42.5 Å². The number of hydrogen-bond acceptors (Lipinski definition) is 5. The summed E-state index contributed by atoms with van der Waals surface area (Å²) in [6.45, 7) is 4.35. The molecule has 190 valence electrons. The van der Waals surface area contributed by atoms with E-state index in [4.69, 9.17) is 5.10 Å². The number of carbonyl (C=O) groups is 1. The second kappa shape index (κ2) is 10.4. The lowest BCUT2D eigenvalue weighted by atomic mass is 10.0. The minimum atomic E-state index is -0.313. The van der Waals surface area contributed by atoms with E-state index in [1.807, 2.05) is 23.2 Å². The lowest BCUT2D eigenvalue weighted by Crippen LogP contribution is -2.41. The van der Waals surface area contributed by atoms with Crippen molar-refractivity contribution in [1.82, 2.24) is 24.6 Å². The highest BCUT2D eigenvalue weighted by molar-refractivity contribution is 5.94. The van der Waals surface area contributed by atoms with E-state index in [9.17, 15) is 9.90 Å². The molecule has 0 aliphatic carbocycles. The first-order valence-electron chi connectivity index (χ1n) is 13.3. The maximum Gasteiger partial charge on any atom is 0.274 e. The second-order valence-electron chi connectivity index (χ2n) is 10.2. The van der Waals surface area contributed by atoms with Gasteiger partial charge in [-0.3, -0.25) is 19.4 Å². The molecule has 4 aromatic rings. The minimum Gasteiger partial charge on any atom is -0.393 e. The maximum atomic E-state index is 13.6. The maximum absolute atomic E-state index is 13.6. The van der Waals surface area contributed by atoms with Gasteiger partial charge in [-0.1, -0.05) is 48.5 Å². The molecule has 1 amide bonds. The van der Waals surface area contributed by atoms with Gasteiger partial charge in [0.15, 0.2) is 5.69 Å². The van der Waals surface area contributed by atoms with Crippen LogP contribution in [0.15, 0.2) is 66.9 Å². The van der Waals surface area contributed by atoms with Gasteiger partial charge in [-0.25, -0.2) is 0 Å². The number of nitrogens with zero attached hydrogens (tertiary/aromatic N) is 5. The molecule has 0 bridgehead atoms. The number of benzene rings is 2. The third-order valence-corrected chi connectivity index (χ3v) is 7.76. The quantitative estimate of drug-likeness (QED) is 0.440. The zero-order valence-corrected chi connectivity index (χ0v) is 21.1. The van der Waals surface area contributed by atoms with Crippen molar-refractivity contribution in [2.75, 3.05) is 19.6 Å². The first-order chi connectivity index (χ1) is 18.2. The average molecular weight is 496 g/mol. The monoisotopic (exact) mass is 495 g/mol. The highest BCUT2D eigenvalue weighted by Crippen LogP contribution is 2.27. The fraction of sp³-hybridized carbons (Fsp3) is 0.367. The normalized spacial score (nSPS) is 16.7. The summed E-state index contributed by atoms with van der Waals surface area (Å²) in [7, 11) is 0. The van der Waals surface area contributed by atoms with Crippen molar-refractivity contribution in [3.8, 4) is 0 Å². The fourth-order valence-corrected chi connectivity index (χ4v) is 5.67. The van der Waals surface area contributed by atoms with Crippen molar-refractivity contribution in [3.63, 3.8) is 0 Å². The first-order valence-corrected chi connectivity index (χ1v) is 13.3. The Kier molecular flexibility index (Phi) is 6.72. The molecule has 2 aliphatic rings. The summed E-state index contributed by atoms with van der Waals surface area (Å²) < 4.78 is 2.08. The largest absolute Gasteiger partial charge is 0.393 e. The molecule has 1 saturated heterocycles. The molecule has 2 aromatic heterocycles. The number of fused-ring (bicyclic) bond motifs is 2. The number of rotatable bonds is 6. The molecule has 0 unspecified atom stereocenters. The summed E-state index contributed by atoms with van der Waals surface area (Å²) in [4.78, 5) is 22.4. The van der Waals surface area contributed by atoms with Crippen LogP contribution in [0.4, 0.5) is 0 Å². The zero-order valence-electron chi connectivity index (χ0n) is 21.1. The Morgan fingerprint density at radius 2 is 1.76 bits per heavy atom. The van der Waals surface area contributed by atoms with Crippen molar-refractivity contribution in [1.29, 1.82) is 0 Å². The van der Waals surface area contributed by atoms with Gasteiger partial charge in [0.25, 0.3) is 5.91 Å². The molecule has 6 rings (SSSR count). The van der Waals surface area contributed by atoms with Crippen molar-refractivity contribution < 1.29 is 9.90 Å². The Bertz CT molecular complexity index is 1390. The molecule has 1 fully saturated rings. The number of piperidine rings is 1. The molecule has 37 heavy (non-hydrogen) atoms. The molecule has 0 saturated carbocycles. The number of aliphatic hydroxyl groups is 1. The second-order valence-corrected chi connectivity index (χ2v) is 10.2. The predicted octanol–water partition coefficient (Wildman–Crippen LogP) is 3.83. The van der Waals surface area contributed by atoms with E-state index in [1.54, 1.807) is 0 Å². The van der Waals surface area contributed by atoms with Crippen LogP contribution in [-0.2, 0) is 32.5 Å². The smallest absolute Gasteiger partial charge is 0.274 e. The third kappa shape index (κ3) is 5.02. The van der Waals surface area contributed by atoms with E-state index in [2.05, 4.69) is 63.1 Å². The molecular formula is C30H33N5O2. The Morgan fingerprint density at radius 3 is 2.59 bits per heavy atom. The van der Waals surface area contributed by atoms with Crippen LogP contribution in [0.2, 0.25) is 0 Å². The number of para-hydroxylation sites is 1. The number of carbonyl (C=O) groups excluding carboxylic acids is 1. The van der Waals surface area contributed by atoms with E-state index in [0.29, 0.717) is 38.2 Å². The molecule has 0 spiro atoms. The van der Waals surface area contributed by atoms with Crippen molar-refractivity contribution in [2.45, 2.75) is 51.4 Å².